The quantitative estimate of drug-likeness (QED) is 0.605. The number of carbonyl (C=O) groups is 1. The first-order chi connectivity index (χ1) is 16.8. The number of hydrogen-bond donors (Lipinski definition) is 0. The van der Waals surface area contributed by atoms with Crippen molar-refractivity contribution in [2.75, 3.05) is 33.2 Å². The fraction of sp³-hybridized carbons (Fsp3) is 0.893. The van der Waals surface area contributed by atoms with Crippen LogP contribution in [0.5, 0.6) is 0 Å². The number of aromatic nitrogens is 3. The predicted octanol–water partition coefficient (Wildman–Crippen LogP) is 4.02. The molecule has 0 spiro atoms. The monoisotopic (exact) mass is 483 g/mol. The van der Waals surface area contributed by atoms with Crippen molar-refractivity contribution in [2.24, 2.45) is 34.5 Å². The zero-order valence-corrected chi connectivity index (χ0v) is 22.2. The Morgan fingerprint density at radius 2 is 1.74 bits per heavy atom. The van der Waals surface area contributed by atoms with E-state index in [4.69, 9.17) is 4.74 Å². The Morgan fingerprint density at radius 3 is 2.46 bits per heavy atom. The molecule has 7 nitrogen and oxygen atoms in total. The summed E-state index contributed by atoms with van der Waals surface area (Å²) in [7, 11) is 2.26. The van der Waals surface area contributed by atoms with E-state index in [1.807, 2.05) is 11.0 Å². The molecule has 0 amide bonds. The minimum Gasteiger partial charge on any atom is -0.460 e. The van der Waals surface area contributed by atoms with E-state index < -0.39 is 0 Å². The summed E-state index contributed by atoms with van der Waals surface area (Å²) in [5, 5.41) is 4.49. The summed E-state index contributed by atoms with van der Waals surface area (Å²) in [6, 6.07) is 0.900. The van der Waals surface area contributed by atoms with Gasteiger partial charge in [-0.15, -0.1) is 0 Å². The molecule has 0 bridgehead atoms. The zero-order valence-electron chi connectivity index (χ0n) is 22.2. The third kappa shape index (κ3) is 3.87. The lowest BCUT2D eigenvalue weighted by atomic mass is 9.45. The molecule has 194 valence electrons. The fourth-order valence-corrected chi connectivity index (χ4v) is 9.75. The van der Waals surface area contributed by atoms with Crippen molar-refractivity contribution in [3.8, 4) is 0 Å². The van der Waals surface area contributed by atoms with Crippen LogP contribution in [0.25, 0.3) is 0 Å². The van der Waals surface area contributed by atoms with E-state index in [1.165, 1.54) is 64.7 Å². The first kappa shape index (κ1) is 23.9. The molecule has 0 unspecified atom stereocenters. The summed E-state index contributed by atoms with van der Waals surface area (Å²) in [4.78, 5) is 21.7. The molecule has 9 atom stereocenters. The van der Waals surface area contributed by atoms with Crippen molar-refractivity contribution in [1.82, 2.24) is 24.6 Å². The molecule has 5 fully saturated rings. The van der Waals surface area contributed by atoms with Crippen LogP contribution in [0.2, 0.25) is 0 Å². The Kier molecular flexibility index (Phi) is 6.03. The maximum atomic E-state index is 12.2. The van der Waals surface area contributed by atoms with Gasteiger partial charge in [-0.2, -0.15) is 5.10 Å². The smallest absolute Gasteiger partial charge is 0.302 e. The number of nitrogens with zero attached hydrogens (tertiary/aromatic N) is 5. The molecule has 0 N–H and O–H groups in total. The van der Waals surface area contributed by atoms with Crippen molar-refractivity contribution in [1.29, 1.82) is 0 Å². The number of fused-ring (bicyclic) bond motifs is 5. The summed E-state index contributed by atoms with van der Waals surface area (Å²) < 4.78 is 8.06. The maximum absolute atomic E-state index is 12.2. The number of piperazine rings is 1. The van der Waals surface area contributed by atoms with Crippen molar-refractivity contribution in [3.05, 3.63) is 12.7 Å². The molecule has 1 aromatic rings. The second-order valence-electron chi connectivity index (χ2n) is 13.2. The van der Waals surface area contributed by atoms with Crippen LogP contribution in [0.3, 0.4) is 0 Å². The molecule has 1 aliphatic heterocycles. The van der Waals surface area contributed by atoms with Crippen LogP contribution in [0, 0.1) is 34.5 Å². The molecule has 1 aromatic heterocycles. The van der Waals surface area contributed by atoms with Gasteiger partial charge in [-0.3, -0.25) is 9.69 Å². The van der Waals surface area contributed by atoms with Crippen LogP contribution >= 0.6 is 0 Å². The summed E-state index contributed by atoms with van der Waals surface area (Å²) in [6.45, 7) is 11.6. The first-order valence-electron chi connectivity index (χ1n) is 14.2. The third-order valence-corrected chi connectivity index (χ3v) is 11.7. The van der Waals surface area contributed by atoms with Crippen molar-refractivity contribution in [3.63, 3.8) is 0 Å². The molecule has 0 aromatic carbocycles. The van der Waals surface area contributed by atoms with E-state index in [9.17, 15) is 4.79 Å². The molecule has 4 aliphatic carbocycles. The molecule has 1 saturated heterocycles. The van der Waals surface area contributed by atoms with Gasteiger partial charge in [0.05, 0.1) is 6.04 Å². The minimum absolute atomic E-state index is 0.0314. The number of esters is 1. The lowest BCUT2D eigenvalue weighted by Crippen LogP contribution is -2.57. The highest BCUT2D eigenvalue weighted by atomic mass is 16.5. The molecule has 4 saturated carbocycles. The van der Waals surface area contributed by atoms with Gasteiger partial charge in [-0.25, -0.2) is 9.67 Å². The van der Waals surface area contributed by atoms with E-state index in [1.54, 1.807) is 13.3 Å². The van der Waals surface area contributed by atoms with Gasteiger partial charge in [0.2, 0.25) is 0 Å². The molecule has 6 rings (SSSR count). The highest BCUT2D eigenvalue weighted by Gasteiger charge is 2.64. The number of rotatable bonds is 3. The van der Waals surface area contributed by atoms with Crippen molar-refractivity contribution >= 4 is 5.97 Å². The summed E-state index contributed by atoms with van der Waals surface area (Å²) in [6.07, 6.45) is 13.7. The van der Waals surface area contributed by atoms with Crippen LogP contribution in [0.4, 0.5) is 0 Å². The molecule has 2 heterocycles. The number of carbonyl (C=O) groups excluding carboxylic acids is 1. The lowest BCUT2D eigenvalue weighted by Gasteiger charge is -2.61. The van der Waals surface area contributed by atoms with Gasteiger partial charge in [0, 0.05) is 44.6 Å². The predicted molar refractivity (Wildman–Crippen MR) is 135 cm³/mol. The normalized spacial score (nSPS) is 46.5. The molecular formula is C28H45N5O2. The van der Waals surface area contributed by atoms with Crippen LogP contribution in [-0.2, 0) is 9.53 Å². The Bertz CT molecular complexity index is 914. The van der Waals surface area contributed by atoms with E-state index in [0.717, 1.165) is 36.6 Å². The van der Waals surface area contributed by atoms with Crippen LogP contribution in [0.15, 0.2) is 12.7 Å². The van der Waals surface area contributed by atoms with Gasteiger partial charge in [-0.1, -0.05) is 13.8 Å². The Hall–Kier alpha value is -1.47. The Labute approximate surface area is 211 Å². The third-order valence-electron chi connectivity index (χ3n) is 11.7. The maximum Gasteiger partial charge on any atom is 0.302 e. The topological polar surface area (TPSA) is 63.5 Å². The van der Waals surface area contributed by atoms with E-state index in [-0.39, 0.29) is 23.5 Å². The van der Waals surface area contributed by atoms with Crippen molar-refractivity contribution < 1.29 is 9.53 Å². The minimum atomic E-state index is -0.165. The number of hydrogen-bond acceptors (Lipinski definition) is 6. The summed E-state index contributed by atoms with van der Waals surface area (Å²) >= 11 is 0. The Morgan fingerprint density at radius 1 is 0.971 bits per heavy atom. The average Bonchev–Trinajstić information content (AvgIpc) is 3.46. The summed E-state index contributed by atoms with van der Waals surface area (Å²) in [5.74, 6) is 2.83. The summed E-state index contributed by atoms with van der Waals surface area (Å²) in [5.41, 5.74) is 0.499. The highest BCUT2D eigenvalue weighted by Crippen LogP contribution is 2.68. The molecule has 5 aliphatic rings. The SMILES string of the molecule is CC(=O)O[C@H]1[C@@H](n2cncn2)C[C@H]2[C@@H]3CC[C@H]4C[C@@H](N5CCN(C)CC5)CC[C@]4(C)[C@H]3CC[C@@]21C. The Balaban J connectivity index is 1.22. The van der Waals surface area contributed by atoms with Gasteiger partial charge in [0.1, 0.15) is 18.8 Å². The molecular weight excluding hydrogens is 438 g/mol. The van der Waals surface area contributed by atoms with E-state index >= 15 is 0 Å². The van der Waals surface area contributed by atoms with E-state index in [2.05, 4.69) is 40.8 Å². The van der Waals surface area contributed by atoms with Gasteiger partial charge < -0.3 is 9.64 Å². The van der Waals surface area contributed by atoms with E-state index in [0.29, 0.717) is 11.3 Å². The molecule has 35 heavy (non-hydrogen) atoms. The molecule has 0 radical (unpaired) electrons. The lowest BCUT2D eigenvalue weighted by molar-refractivity contribution is -0.164. The number of ether oxygens (including phenoxy) is 1. The second-order valence-corrected chi connectivity index (χ2v) is 13.2. The highest BCUT2D eigenvalue weighted by molar-refractivity contribution is 5.66. The zero-order chi connectivity index (χ0) is 24.4. The van der Waals surface area contributed by atoms with Crippen LogP contribution < -0.4 is 0 Å². The number of likely N-dealkylation sites (N-methyl/N-ethyl adjacent to an activating group) is 1. The van der Waals surface area contributed by atoms with Crippen LogP contribution in [-0.4, -0.2) is 75.9 Å². The molecule has 7 heteroatoms. The van der Waals surface area contributed by atoms with Gasteiger partial charge >= 0.3 is 5.97 Å². The fourth-order valence-electron chi connectivity index (χ4n) is 9.75. The average molecular weight is 484 g/mol. The van der Waals surface area contributed by atoms with Gasteiger partial charge in [0.15, 0.2) is 0 Å². The second kappa shape index (κ2) is 8.83. The van der Waals surface area contributed by atoms with Crippen molar-refractivity contribution in [2.45, 2.75) is 90.3 Å². The van der Waals surface area contributed by atoms with Gasteiger partial charge in [0.25, 0.3) is 0 Å². The largest absolute Gasteiger partial charge is 0.460 e. The van der Waals surface area contributed by atoms with Gasteiger partial charge in [-0.05, 0) is 87.5 Å². The van der Waals surface area contributed by atoms with Crippen LogP contribution in [0.1, 0.15) is 78.2 Å². The first-order valence-corrected chi connectivity index (χ1v) is 14.2. The standard InChI is InChI=1S/C28H45N5O2/c1-19(34)35-26-25(33-18-29-17-30-33)16-24-22-6-5-20-15-21(32-13-11-31(4)12-14-32)7-9-27(20,2)23(22)8-10-28(24,26)3/h17-18,20-26H,5-16H2,1-4H3/t20-,21-,22+,23-,24-,25-,26-,27-,28-/m0/s1.